The molecule has 2 rings (SSSR count). The van der Waals surface area contributed by atoms with E-state index in [0.29, 0.717) is 4.88 Å². The van der Waals surface area contributed by atoms with E-state index in [4.69, 9.17) is 0 Å². The highest BCUT2D eigenvalue weighted by atomic mass is 32.2. The fraction of sp³-hybridized carbons (Fsp3) is 0.333. The van der Waals surface area contributed by atoms with Gasteiger partial charge in [0.2, 0.25) is 5.91 Å². The van der Waals surface area contributed by atoms with Crippen molar-refractivity contribution in [3.05, 3.63) is 33.5 Å². The molecule has 1 amide bonds. The van der Waals surface area contributed by atoms with Crippen LogP contribution in [-0.2, 0) is 4.79 Å². The Balaban J connectivity index is 2.25. The van der Waals surface area contributed by atoms with E-state index >= 15 is 0 Å². The number of thioether (sulfide) groups is 1. The third-order valence-electron chi connectivity index (χ3n) is 2.53. The average molecular weight is 267 g/mol. The Labute approximate surface area is 109 Å². The molecule has 0 radical (unpaired) electrons. The molecule has 1 fully saturated rings. The molecular formula is C12H13NO2S2. The van der Waals surface area contributed by atoms with Gasteiger partial charge in [-0.05, 0) is 25.3 Å². The summed E-state index contributed by atoms with van der Waals surface area (Å²) in [4.78, 5) is 26.0. The van der Waals surface area contributed by atoms with Gasteiger partial charge in [0.25, 0.3) is 0 Å². The number of hydrogen-bond acceptors (Lipinski definition) is 4. The minimum Gasteiger partial charge on any atom is -0.309 e. The van der Waals surface area contributed by atoms with Gasteiger partial charge in [-0.1, -0.05) is 17.8 Å². The lowest BCUT2D eigenvalue weighted by Gasteiger charge is -2.12. The van der Waals surface area contributed by atoms with Gasteiger partial charge in [-0.2, -0.15) is 0 Å². The summed E-state index contributed by atoms with van der Waals surface area (Å²) in [6, 6.07) is 3.63. The summed E-state index contributed by atoms with van der Waals surface area (Å²) >= 11 is 2.84. The SMILES string of the molecule is CN1C(=O)C(C)(C)S/C1=C\C(=O)c1cccs1. The summed E-state index contributed by atoms with van der Waals surface area (Å²) in [6.45, 7) is 3.74. The van der Waals surface area contributed by atoms with E-state index in [2.05, 4.69) is 0 Å². The van der Waals surface area contributed by atoms with Gasteiger partial charge in [0.15, 0.2) is 5.78 Å². The number of carbonyl (C=O) groups is 2. The van der Waals surface area contributed by atoms with Gasteiger partial charge in [-0.3, -0.25) is 9.59 Å². The Morgan fingerprint density at radius 1 is 1.47 bits per heavy atom. The van der Waals surface area contributed by atoms with Crippen LogP contribution in [0, 0.1) is 0 Å². The van der Waals surface area contributed by atoms with Gasteiger partial charge in [0, 0.05) is 13.1 Å². The zero-order chi connectivity index (χ0) is 12.6. The number of hydrogen-bond donors (Lipinski definition) is 0. The van der Waals surface area contributed by atoms with Crippen LogP contribution in [0.4, 0.5) is 0 Å². The summed E-state index contributed by atoms with van der Waals surface area (Å²) < 4.78 is -0.476. The molecule has 1 saturated heterocycles. The number of rotatable bonds is 2. The van der Waals surface area contributed by atoms with Crippen molar-refractivity contribution in [2.75, 3.05) is 7.05 Å². The van der Waals surface area contributed by atoms with Gasteiger partial charge < -0.3 is 4.90 Å². The molecular weight excluding hydrogens is 254 g/mol. The topological polar surface area (TPSA) is 37.4 Å². The van der Waals surface area contributed by atoms with Gasteiger partial charge in [-0.25, -0.2) is 0 Å². The van der Waals surface area contributed by atoms with E-state index < -0.39 is 4.75 Å². The third kappa shape index (κ3) is 2.30. The van der Waals surface area contributed by atoms with Crippen LogP contribution < -0.4 is 0 Å². The number of nitrogens with zero attached hydrogens (tertiary/aromatic N) is 1. The molecule has 0 atom stereocenters. The van der Waals surface area contributed by atoms with Crippen LogP contribution in [0.2, 0.25) is 0 Å². The molecule has 0 saturated carbocycles. The Morgan fingerprint density at radius 3 is 2.65 bits per heavy atom. The molecule has 17 heavy (non-hydrogen) atoms. The summed E-state index contributed by atoms with van der Waals surface area (Å²) in [6.07, 6.45) is 1.54. The molecule has 90 valence electrons. The Bertz CT molecular complexity index is 489. The molecule has 0 aromatic carbocycles. The molecule has 0 spiro atoms. The van der Waals surface area contributed by atoms with Crippen molar-refractivity contribution in [2.24, 2.45) is 0 Å². The average Bonchev–Trinajstić information content (AvgIpc) is 2.84. The van der Waals surface area contributed by atoms with E-state index in [0.717, 1.165) is 5.03 Å². The highest BCUT2D eigenvalue weighted by Gasteiger charge is 2.41. The second-order valence-corrected chi connectivity index (χ2v) is 6.89. The zero-order valence-corrected chi connectivity index (χ0v) is 11.5. The molecule has 1 aromatic heterocycles. The maximum atomic E-state index is 11.9. The summed E-state index contributed by atoms with van der Waals surface area (Å²) in [5, 5.41) is 2.59. The molecule has 2 heterocycles. The molecule has 0 N–H and O–H groups in total. The van der Waals surface area contributed by atoms with E-state index in [1.54, 1.807) is 24.1 Å². The molecule has 3 nitrogen and oxygen atoms in total. The van der Waals surface area contributed by atoms with Gasteiger partial charge >= 0.3 is 0 Å². The fourth-order valence-electron chi connectivity index (χ4n) is 1.61. The lowest BCUT2D eigenvalue weighted by molar-refractivity contribution is -0.128. The normalized spacial score (nSPS) is 21.2. The lowest BCUT2D eigenvalue weighted by atomic mass is 10.2. The first-order valence-electron chi connectivity index (χ1n) is 5.18. The maximum absolute atomic E-state index is 11.9. The molecule has 0 unspecified atom stereocenters. The molecule has 1 aliphatic rings. The second-order valence-electron chi connectivity index (χ2n) is 4.30. The predicted molar refractivity (Wildman–Crippen MR) is 71.2 cm³/mol. The monoisotopic (exact) mass is 267 g/mol. The van der Waals surface area contributed by atoms with Crippen molar-refractivity contribution < 1.29 is 9.59 Å². The minimum absolute atomic E-state index is 0.0349. The summed E-state index contributed by atoms with van der Waals surface area (Å²) in [5.41, 5.74) is 0. The number of allylic oxidation sites excluding steroid dienone is 1. The molecule has 5 heteroatoms. The van der Waals surface area contributed by atoms with Crippen LogP contribution in [0.15, 0.2) is 28.6 Å². The number of thiophene rings is 1. The van der Waals surface area contributed by atoms with Crippen LogP contribution in [0.3, 0.4) is 0 Å². The Kier molecular flexibility index (Phi) is 3.14. The molecule has 0 bridgehead atoms. The largest absolute Gasteiger partial charge is 0.309 e. The molecule has 0 aliphatic carbocycles. The van der Waals surface area contributed by atoms with Crippen LogP contribution in [0.25, 0.3) is 0 Å². The van der Waals surface area contributed by atoms with Crippen molar-refractivity contribution in [1.29, 1.82) is 0 Å². The minimum atomic E-state index is -0.476. The first kappa shape index (κ1) is 12.4. The summed E-state index contributed by atoms with van der Waals surface area (Å²) in [5.74, 6) is -0.00687. The first-order valence-corrected chi connectivity index (χ1v) is 6.88. The van der Waals surface area contributed by atoms with Gasteiger partial charge in [0.1, 0.15) is 0 Å². The van der Waals surface area contributed by atoms with Crippen LogP contribution in [0.5, 0.6) is 0 Å². The highest BCUT2D eigenvalue weighted by Crippen LogP contribution is 2.42. The van der Waals surface area contributed by atoms with E-state index in [1.807, 2.05) is 25.3 Å². The van der Waals surface area contributed by atoms with Gasteiger partial charge in [-0.15, -0.1) is 11.3 Å². The van der Waals surface area contributed by atoms with Crippen molar-refractivity contribution in [1.82, 2.24) is 4.90 Å². The first-order chi connectivity index (χ1) is 7.92. The molecule has 1 aliphatic heterocycles. The summed E-state index contributed by atoms with van der Waals surface area (Å²) in [7, 11) is 1.71. The van der Waals surface area contributed by atoms with Crippen LogP contribution >= 0.6 is 23.1 Å². The third-order valence-corrected chi connectivity index (χ3v) is 4.70. The Morgan fingerprint density at radius 2 is 2.18 bits per heavy atom. The van der Waals surface area contributed by atoms with Gasteiger partial charge in [0.05, 0.1) is 14.7 Å². The standard InChI is InChI=1S/C12H13NO2S2/c1-12(2)11(15)13(3)10(17-12)7-8(14)9-5-4-6-16-9/h4-7H,1-3H3/b10-7-. The van der Waals surface area contributed by atoms with E-state index in [1.165, 1.54) is 23.1 Å². The smallest absolute Gasteiger partial charge is 0.243 e. The zero-order valence-electron chi connectivity index (χ0n) is 9.89. The fourth-order valence-corrected chi connectivity index (χ4v) is 3.37. The van der Waals surface area contributed by atoms with Crippen molar-refractivity contribution in [3.8, 4) is 0 Å². The second kappa shape index (κ2) is 4.31. The van der Waals surface area contributed by atoms with E-state index in [-0.39, 0.29) is 11.7 Å². The van der Waals surface area contributed by atoms with Crippen LogP contribution in [-0.4, -0.2) is 28.4 Å². The predicted octanol–water partition coefficient (Wildman–Crippen LogP) is 2.76. The lowest BCUT2D eigenvalue weighted by Crippen LogP contribution is -2.31. The number of carbonyl (C=O) groups excluding carboxylic acids is 2. The quantitative estimate of drug-likeness (QED) is 0.611. The van der Waals surface area contributed by atoms with Crippen molar-refractivity contribution in [3.63, 3.8) is 0 Å². The van der Waals surface area contributed by atoms with Crippen LogP contribution in [0.1, 0.15) is 23.5 Å². The Hall–Kier alpha value is -1.07. The number of amides is 1. The number of ketones is 1. The van der Waals surface area contributed by atoms with Crippen molar-refractivity contribution >= 4 is 34.8 Å². The maximum Gasteiger partial charge on any atom is 0.243 e. The molecule has 1 aromatic rings. The van der Waals surface area contributed by atoms with E-state index in [9.17, 15) is 9.59 Å². The van der Waals surface area contributed by atoms with Crippen molar-refractivity contribution in [2.45, 2.75) is 18.6 Å². The highest BCUT2D eigenvalue weighted by molar-refractivity contribution is 8.05.